The number of sulfonamides is 1. The molecule has 2 atom stereocenters. The van der Waals surface area contributed by atoms with Crippen LogP contribution >= 0.6 is 0 Å². The number of benzene rings is 2. The zero-order valence-corrected chi connectivity index (χ0v) is 17.0. The Morgan fingerprint density at radius 1 is 0.897 bits per heavy atom. The number of nitrogens with one attached hydrogen (secondary N) is 2. The second kappa shape index (κ2) is 9.33. The maximum atomic E-state index is 12.4. The van der Waals surface area contributed by atoms with Gasteiger partial charge >= 0.3 is 5.97 Å². The lowest BCUT2D eigenvalue weighted by atomic mass is 10.1. The Labute approximate surface area is 169 Å². The predicted molar refractivity (Wildman–Crippen MR) is 108 cm³/mol. The molecule has 0 bridgehead atoms. The smallest absolute Gasteiger partial charge is 0.329 e. The number of anilines is 1. The second-order valence-electron chi connectivity index (χ2n) is 6.46. The van der Waals surface area contributed by atoms with Gasteiger partial charge in [0.2, 0.25) is 15.8 Å². The Balaban J connectivity index is 1.94. The van der Waals surface area contributed by atoms with Crippen LogP contribution in [0.25, 0.3) is 0 Å². The average Bonchev–Trinajstić information content (AvgIpc) is 2.67. The van der Waals surface area contributed by atoms with Crippen LogP contribution in [0.2, 0.25) is 0 Å². The van der Waals surface area contributed by atoms with Gasteiger partial charge in [-0.05, 0) is 50.2 Å². The van der Waals surface area contributed by atoms with E-state index in [0.717, 1.165) is 6.26 Å². The average molecular weight is 418 g/mol. The van der Waals surface area contributed by atoms with E-state index in [-0.39, 0.29) is 5.56 Å². The van der Waals surface area contributed by atoms with Crippen LogP contribution in [-0.4, -0.2) is 44.5 Å². The number of ketones is 1. The van der Waals surface area contributed by atoms with Gasteiger partial charge in [0.15, 0.2) is 6.10 Å². The summed E-state index contributed by atoms with van der Waals surface area (Å²) < 4.78 is 29.9. The van der Waals surface area contributed by atoms with Gasteiger partial charge in [0.1, 0.15) is 6.04 Å². The van der Waals surface area contributed by atoms with Crippen molar-refractivity contribution in [3.05, 3.63) is 65.7 Å². The molecular formula is C20H22N2O6S. The third-order valence-corrected chi connectivity index (χ3v) is 4.48. The third kappa shape index (κ3) is 6.72. The zero-order chi connectivity index (χ0) is 21.6. The number of Topliss-reactive ketones (excluding diaryl/α,β-unsaturated/α-hetero) is 1. The van der Waals surface area contributed by atoms with Crippen LogP contribution in [0.4, 0.5) is 5.69 Å². The highest BCUT2D eigenvalue weighted by Gasteiger charge is 2.24. The summed E-state index contributed by atoms with van der Waals surface area (Å²) in [7, 11) is -3.42. The maximum Gasteiger partial charge on any atom is 0.329 e. The van der Waals surface area contributed by atoms with Gasteiger partial charge in [-0.3, -0.25) is 14.3 Å². The van der Waals surface area contributed by atoms with E-state index in [1.165, 1.54) is 38.1 Å². The van der Waals surface area contributed by atoms with Crippen LogP contribution in [0.1, 0.15) is 34.6 Å². The summed E-state index contributed by atoms with van der Waals surface area (Å²) in [6.07, 6.45) is -0.0574. The molecule has 2 rings (SSSR count). The predicted octanol–water partition coefficient (Wildman–Crippen LogP) is 1.99. The van der Waals surface area contributed by atoms with Gasteiger partial charge in [0.05, 0.1) is 6.26 Å². The molecule has 0 aliphatic rings. The highest BCUT2D eigenvalue weighted by molar-refractivity contribution is 7.92. The van der Waals surface area contributed by atoms with Crippen molar-refractivity contribution in [1.29, 1.82) is 0 Å². The van der Waals surface area contributed by atoms with Crippen LogP contribution in [0.15, 0.2) is 54.6 Å². The van der Waals surface area contributed by atoms with Crippen molar-refractivity contribution in [2.45, 2.75) is 26.0 Å². The van der Waals surface area contributed by atoms with Gasteiger partial charge in [-0.15, -0.1) is 0 Å². The second-order valence-corrected chi connectivity index (χ2v) is 8.20. The van der Waals surface area contributed by atoms with Gasteiger partial charge in [-0.1, -0.05) is 18.2 Å². The molecule has 2 N–H and O–H groups in total. The molecule has 9 heteroatoms. The molecular weight excluding hydrogens is 396 g/mol. The van der Waals surface area contributed by atoms with Crippen molar-refractivity contribution >= 4 is 33.4 Å². The fraction of sp³-hybridized carbons (Fsp3) is 0.250. The molecule has 0 saturated heterocycles. The first kappa shape index (κ1) is 22.1. The Kier molecular flexibility index (Phi) is 7.11. The van der Waals surface area contributed by atoms with E-state index >= 15 is 0 Å². The lowest BCUT2D eigenvalue weighted by Gasteiger charge is -2.17. The van der Waals surface area contributed by atoms with Crippen molar-refractivity contribution in [3.8, 4) is 0 Å². The first-order valence-corrected chi connectivity index (χ1v) is 10.6. The van der Waals surface area contributed by atoms with E-state index in [2.05, 4.69) is 10.0 Å². The summed E-state index contributed by atoms with van der Waals surface area (Å²) in [6.45, 7) is 2.89. The molecule has 2 unspecified atom stereocenters. The number of amides is 1. The van der Waals surface area contributed by atoms with E-state index in [9.17, 15) is 22.8 Å². The first-order valence-electron chi connectivity index (χ1n) is 8.75. The molecule has 0 heterocycles. The number of hydrogen-bond acceptors (Lipinski definition) is 6. The number of rotatable bonds is 8. The minimum Gasteiger partial charge on any atom is -0.453 e. The first-order chi connectivity index (χ1) is 13.6. The summed E-state index contributed by atoms with van der Waals surface area (Å²) in [5.74, 6) is -1.63. The monoisotopic (exact) mass is 418 g/mol. The number of esters is 1. The minimum atomic E-state index is -3.42. The molecule has 154 valence electrons. The lowest BCUT2D eigenvalue weighted by molar-refractivity contribution is -0.148. The largest absolute Gasteiger partial charge is 0.453 e. The number of carbonyl (C=O) groups is 3. The van der Waals surface area contributed by atoms with Crippen molar-refractivity contribution in [2.75, 3.05) is 11.0 Å². The highest BCUT2D eigenvalue weighted by atomic mass is 32.2. The van der Waals surface area contributed by atoms with Crippen LogP contribution in [0, 0.1) is 0 Å². The summed E-state index contributed by atoms with van der Waals surface area (Å²) >= 11 is 0. The summed E-state index contributed by atoms with van der Waals surface area (Å²) in [4.78, 5) is 36.7. The molecule has 0 radical (unpaired) electrons. The third-order valence-electron chi connectivity index (χ3n) is 3.87. The Morgan fingerprint density at radius 3 is 2.03 bits per heavy atom. The molecule has 2 aromatic rings. The van der Waals surface area contributed by atoms with Gasteiger partial charge < -0.3 is 10.1 Å². The summed E-state index contributed by atoms with van der Waals surface area (Å²) in [5, 5.41) is 2.52. The van der Waals surface area contributed by atoms with E-state index in [1.807, 2.05) is 0 Å². The molecule has 0 spiro atoms. The molecule has 8 nitrogen and oxygen atoms in total. The Morgan fingerprint density at radius 2 is 1.48 bits per heavy atom. The van der Waals surface area contributed by atoms with E-state index in [4.69, 9.17) is 4.74 Å². The molecule has 0 saturated carbocycles. The van der Waals surface area contributed by atoms with Gasteiger partial charge in [-0.2, -0.15) is 0 Å². The molecule has 0 aliphatic heterocycles. The Bertz CT molecular complexity index is 987. The maximum absolute atomic E-state index is 12.4. The van der Waals surface area contributed by atoms with Crippen LogP contribution in [0.5, 0.6) is 0 Å². The summed E-state index contributed by atoms with van der Waals surface area (Å²) in [6, 6.07) is 13.2. The van der Waals surface area contributed by atoms with Crippen molar-refractivity contribution in [1.82, 2.24) is 5.32 Å². The number of carbonyl (C=O) groups excluding carboxylic acids is 3. The van der Waals surface area contributed by atoms with Gasteiger partial charge in [0.25, 0.3) is 5.91 Å². The fourth-order valence-corrected chi connectivity index (χ4v) is 2.97. The van der Waals surface area contributed by atoms with Gasteiger partial charge in [-0.25, -0.2) is 13.2 Å². The fourth-order valence-electron chi connectivity index (χ4n) is 2.41. The Hall–Kier alpha value is -3.20. The van der Waals surface area contributed by atoms with Gasteiger partial charge in [0, 0.05) is 16.8 Å². The van der Waals surface area contributed by atoms with Crippen LogP contribution in [0.3, 0.4) is 0 Å². The molecule has 0 aromatic heterocycles. The standard InChI is InChI=1S/C20H22N2O6S/c1-13(21-19(24)16-7-5-4-6-8-16)20(25)28-14(2)18(23)15-9-11-17(12-10-15)22-29(3,26)27/h4-14,22H,1-3H3,(H,21,24). The quantitative estimate of drug-likeness (QED) is 0.500. The topological polar surface area (TPSA) is 119 Å². The normalized spacial score (nSPS) is 13.1. The molecule has 2 aromatic carbocycles. The zero-order valence-electron chi connectivity index (χ0n) is 16.2. The van der Waals surface area contributed by atoms with Crippen molar-refractivity contribution in [2.24, 2.45) is 0 Å². The summed E-state index contributed by atoms with van der Waals surface area (Å²) in [5.41, 5.74) is 0.968. The number of hydrogen-bond donors (Lipinski definition) is 2. The molecule has 0 aliphatic carbocycles. The molecule has 1 amide bonds. The molecule has 0 fully saturated rings. The number of ether oxygens (including phenoxy) is 1. The molecule has 29 heavy (non-hydrogen) atoms. The van der Waals surface area contributed by atoms with Crippen molar-refractivity contribution in [3.63, 3.8) is 0 Å². The van der Waals surface area contributed by atoms with Crippen LogP contribution < -0.4 is 10.0 Å². The minimum absolute atomic E-state index is 0.255. The highest BCUT2D eigenvalue weighted by Crippen LogP contribution is 2.14. The van der Waals surface area contributed by atoms with Crippen LogP contribution in [-0.2, 0) is 19.6 Å². The van der Waals surface area contributed by atoms with E-state index in [1.54, 1.807) is 30.3 Å². The SMILES string of the molecule is CC(NC(=O)c1ccccc1)C(=O)OC(C)C(=O)c1ccc(NS(C)(=O)=O)cc1. The van der Waals surface area contributed by atoms with E-state index in [0.29, 0.717) is 11.3 Å². The van der Waals surface area contributed by atoms with E-state index < -0.39 is 39.8 Å². The van der Waals surface area contributed by atoms with Crippen molar-refractivity contribution < 1.29 is 27.5 Å². The lowest BCUT2D eigenvalue weighted by Crippen LogP contribution is -2.41.